The molecule has 0 radical (unpaired) electrons. The van der Waals surface area contributed by atoms with Crippen LogP contribution in [0.4, 0.5) is 22.0 Å². The first-order valence-electron chi connectivity index (χ1n) is 8.53. The summed E-state index contributed by atoms with van der Waals surface area (Å²) < 4.78 is 18.8. The summed E-state index contributed by atoms with van der Waals surface area (Å²) in [6.45, 7) is 1.75. The molecule has 0 aliphatic rings. The number of nitrogens with one attached hydrogen (secondary N) is 1. The van der Waals surface area contributed by atoms with Gasteiger partial charge in [-0.05, 0) is 37.3 Å². The lowest BCUT2D eigenvalue weighted by atomic mass is 10.2. The number of nitrogens with zero attached hydrogens (tertiary/aromatic N) is 3. The van der Waals surface area contributed by atoms with Gasteiger partial charge in [-0.15, -0.1) is 0 Å². The summed E-state index contributed by atoms with van der Waals surface area (Å²) in [4.78, 5) is 24.0. The summed E-state index contributed by atoms with van der Waals surface area (Å²) in [6, 6.07) is 11.8. The van der Waals surface area contributed by atoms with Crippen LogP contribution in [0.3, 0.4) is 0 Å². The minimum Gasteiger partial charge on any atom is -0.454 e. The van der Waals surface area contributed by atoms with Crippen molar-refractivity contribution in [2.24, 2.45) is 0 Å². The molecule has 0 amide bonds. The molecule has 0 fully saturated rings. The quantitative estimate of drug-likeness (QED) is 0.464. The summed E-state index contributed by atoms with van der Waals surface area (Å²) >= 11 is 5.90. The van der Waals surface area contributed by atoms with E-state index >= 15 is 0 Å². The average Bonchev–Trinajstić information content (AvgIpc) is 2.67. The van der Waals surface area contributed by atoms with Crippen molar-refractivity contribution in [3.8, 4) is 0 Å². The van der Waals surface area contributed by atoms with Gasteiger partial charge >= 0.3 is 5.97 Å². The summed E-state index contributed by atoms with van der Waals surface area (Å²) in [7, 11) is 0. The number of nitrogens with two attached hydrogens (primary N) is 1. The van der Waals surface area contributed by atoms with E-state index in [4.69, 9.17) is 22.1 Å². The second kappa shape index (κ2) is 9.11. The fraction of sp³-hybridized carbons (Fsp3) is 0.100. The molecule has 0 unspecified atom stereocenters. The van der Waals surface area contributed by atoms with Crippen LogP contribution < -0.4 is 11.1 Å². The van der Waals surface area contributed by atoms with Gasteiger partial charge in [0.25, 0.3) is 0 Å². The predicted molar refractivity (Wildman–Crippen MR) is 109 cm³/mol. The molecule has 0 aliphatic heterocycles. The summed E-state index contributed by atoms with van der Waals surface area (Å²) in [6.07, 6.45) is 2.31. The summed E-state index contributed by atoms with van der Waals surface area (Å²) in [5.41, 5.74) is 7.68. The Hall–Kier alpha value is -3.52. The van der Waals surface area contributed by atoms with E-state index in [2.05, 4.69) is 20.3 Å². The number of nitrogen functional groups attached to an aromatic ring is 1. The number of esters is 1. The van der Waals surface area contributed by atoms with Crippen molar-refractivity contribution in [1.29, 1.82) is 0 Å². The van der Waals surface area contributed by atoms with Crippen molar-refractivity contribution in [2.45, 2.75) is 13.5 Å². The monoisotopic (exact) mass is 413 g/mol. The zero-order chi connectivity index (χ0) is 20.8. The number of carbonyl (C=O) groups excluding carboxylic acids is 1. The van der Waals surface area contributed by atoms with Crippen LogP contribution in [0.15, 0.2) is 48.5 Å². The van der Waals surface area contributed by atoms with Crippen molar-refractivity contribution in [3.63, 3.8) is 0 Å². The molecule has 0 aliphatic carbocycles. The number of hydrogen-bond donors (Lipinski definition) is 2. The molecule has 1 aromatic heterocycles. The van der Waals surface area contributed by atoms with E-state index in [1.165, 1.54) is 24.3 Å². The van der Waals surface area contributed by atoms with Crippen LogP contribution in [0, 0.1) is 12.7 Å². The number of benzene rings is 2. The first-order chi connectivity index (χ1) is 13.9. The molecule has 2 aromatic carbocycles. The van der Waals surface area contributed by atoms with Gasteiger partial charge in [0.2, 0.25) is 11.9 Å². The lowest BCUT2D eigenvalue weighted by molar-refractivity contribution is -0.139. The van der Waals surface area contributed by atoms with Crippen molar-refractivity contribution in [2.75, 3.05) is 11.1 Å². The molecule has 3 rings (SSSR count). The highest BCUT2D eigenvalue weighted by molar-refractivity contribution is 6.32. The molecule has 29 heavy (non-hydrogen) atoms. The molecular weight excluding hydrogens is 397 g/mol. The van der Waals surface area contributed by atoms with Gasteiger partial charge in [0.1, 0.15) is 5.82 Å². The van der Waals surface area contributed by atoms with Crippen molar-refractivity contribution in [3.05, 3.63) is 76.3 Å². The zero-order valence-electron chi connectivity index (χ0n) is 15.4. The normalized spacial score (nSPS) is 10.9. The van der Waals surface area contributed by atoms with E-state index in [9.17, 15) is 9.18 Å². The third kappa shape index (κ3) is 5.73. The highest BCUT2D eigenvalue weighted by Crippen LogP contribution is 2.20. The van der Waals surface area contributed by atoms with Crippen LogP contribution in [0.5, 0.6) is 0 Å². The molecule has 7 nitrogen and oxygen atoms in total. The highest BCUT2D eigenvalue weighted by atomic mass is 35.5. The Bertz CT molecular complexity index is 1040. The maximum atomic E-state index is 13.7. The Labute approximate surface area is 171 Å². The molecule has 0 atom stereocenters. The zero-order valence-corrected chi connectivity index (χ0v) is 16.2. The number of halogens is 2. The van der Waals surface area contributed by atoms with Crippen molar-refractivity contribution >= 4 is 41.2 Å². The number of anilines is 3. The maximum absolute atomic E-state index is 13.7. The summed E-state index contributed by atoms with van der Waals surface area (Å²) in [5.74, 6) is -0.886. The molecular formula is C20H17ClFN5O2. The van der Waals surface area contributed by atoms with Gasteiger partial charge in [0, 0.05) is 17.3 Å². The fourth-order valence-electron chi connectivity index (χ4n) is 2.33. The first-order valence-corrected chi connectivity index (χ1v) is 8.91. The van der Waals surface area contributed by atoms with E-state index in [1.54, 1.807) is 0 Å². The van der Waals surface area contributed by atoms with E-state index < -0.39 is 11.8 Å². The van der Waals surface area contributed by atoms with Crippen LogP contribution >= 0.6 is 11.6 Å². The van der Waals surface area contributed by atoms with Crippen molar-refractivity contribution < 1.29 is 13.9 Å². The molecule has 0 saturated carbocycles. The number of aryl methyl sites for hydroxylation is 1. The van der Waals surface area contributed by atoms with Gasteiger partial charge in [-0.2, -0.15) is 15.0 Å². The number of rotatable bonds is 6. The van der Waals surface area contributed by atoms with Crippen LogP contribution in [-0.4, -0.2) is 20.9 Å². The van der Waals surface area contributed by atoms with Gasteiger partial charge in [-0.3, -0.25) is 0 Å². The molecule has 0 bridgehead atoms. The van der Waals surface area contributed by atoms with Gasteiger partial charge in [0.15, 0.2) is 12.4 Å². The number of hydrogen-bond acceptors (Lipinski definition) is 7. The van der Waals surface area contributed by atoms with Gasteiger partial charge in [0.05, 0.1) is 5.02 Å². The van der Waals surface area contributed by atoms with Crippen LogP contribution in [0.1, 0.15) is 17.0 Å². The predicted octanol–water partition coefficient (Wildman–Crippen LogP) is 4.05. The molecule has 0 spiro atoms. The summed E-state index contributed by atoms with van der Waals surface area (Å²) in [5, 5.41) is 3.19. The second-order valence-electron chi connectivity index (χ2n) is 6.00. The second-order valence-corrected chi connectivity index (χ2v) is 6.41. The standard InChI is InChI=1S/C20H17ClFN5O2/c1-12-5-7-13(8-6-12)24-20-26-17(25-19(23)27-20)11-29-18(28)10-9-14-15(21)3-2-4-16(14)22/h2-10H,11H2,1H3,(H3,23,24,25,26,27)/b10-9+. The van der Waals surface area contributed by atoms with Gasteiger partial charge < -0.3 is 15.8 Å². The van der Waals surface area contributed by atoms with Gasteiger partial charge in [-0.25, -0.2) is 9.18 Å². The van der Waals surface area contributed by atoms with E-state index in [-0.39, 0.29) is 34.9 Å². The lowest BCUT2D eigenvalue weighted by Gasteiger charge is -2.08. The minimum atomic E-state index is -0.712. The Morgan fingerprint density at radius 1 is 1.21 bits per heavy atom. The van der Waals surface area contributed by atoms with E-state index in [0.717, 1.165) is 17.3 Å². The third-order valence-electron chi connectivity index (χ3n) is 3.74. The van der Waals surface area contributed by atoms with Crippen molar-refractivity contribution in [1.82, 2.24) is 15.0 Å². The fourth-order valence-corrected chi connectivity index (χ4v) is 2.56. The Morgan fingerprint density at radius 3 is 2.69 bits per heavy atom. The minimum absolute atomic E-state index is 0.0191. The molecule has 3 N–H and O–H groups in total. The molecule has 148 valence electrons. The van der Waals surface area contributed by atoms with Crippen LogP contribution in [0.2, 0.25) is 5.02 Å². The largest absolute Gasteiger partial charge is 0.454 e. The Balaban J connectivity index is 1.64. The lowest BCUT2D eigenvalue weighted by Crippen LogP contribution is -2.10. The van der Waals surface area contributed by atoms with Gasteiger partial charge in [-0.1, -0.05) is 35.4 Å². The topological polar surface area (TPSA) is 103 Å². The molecule has 1 heterocycles. The maximum Gasteiger partial charge on any atom is 0.331 e. The van der Waals surface area contributed by atoms with Crippen LogP contribution in [0.25, 0.3) is 6.08 Å². The number of aromatic nitrogens is 3. The average molecular weight is 414 g/mol. The molecule has 0 saturated heterocycles. The number of ether oxygens (including phenoxy) is 1. The highest BCUT2D eigenvalue weighted by Gasteiger charge is 2.08. The smallest absolute Gasteiger partial charge is 0.331 e. The van der Waals surface area contributed by atoms with E-state index in [0.29, 0.717) is 0 Å². The SMILES string of the molecule is Cc1ccc(Nc2nc(N)nc(COC(=O)/C=C/c3c(F)cccc3Cl)n2)cc1. The molecule has 9 heteroatoms. The number of carbonyl (C=O) groups is 1. The Morgan fingerprint density at radius 2 is 1.97 bits per heavy atom. The van der Waals surface area contributed by atoms with E-state index in [1.807, 2.05) is 31.2 Å². The molecule has 3 aromatic rings. The Kier molecular flexibility index (Phi) is 6.36. The first kappa shape index (κ1) is 20.2. The van der Waals surface area contributed by atoms with Crippen LogP contribution in [-0.2, 0) is 16.1 Å². The third-order valence-corrected chi connectivity index (χ3v) is 4.07.